The van der Waals surface area contributed by atoms with Gasteiger partial charge < -0.3 is 4.90 Å². The van der Waals surface area contributed by atoms with E-state index in [0.717, 1.165) is 22.4 Å². The molecule has 1 amide bonds. The normalized spacial score (nSPS) is 15.5. The molecule has 0 spiro atoms. The summed E-state index contributed by atoms with van der Waals surface area (Å²) in [5.41, 5.74) is 0.490. The van der Waals surface area contributed by atoms with Crippen molar-refractivity contribution in [2.45, 2.75) is 25.7 Å². The first-order valence-electron chi connectivity index (χ1n) is 7.67. The van der Waals surface area contributed by atoms with Gasteiger partial charge in [-0.25, -0.2) is 0 Å². The highest BCUT2D eigenvalue weighted by Gasteiger charge is 2.13. The molecule has 3 heterocycles. The first-order chi connectivity index (χ1) is 11.2. The highest BCUT2D eigenvalue weighted by atomic mass is 79.9. The van der Waals surface area contributed by atoms with E-state index in [9.17, 15) is 4.79 Å². The third-order valence-corrected chi connectivity index (χ3v) is 5.08. The molecule has 0 aromatic carbocycles. The van der Waals surface area contributed by atoms with Crippen LogP contribution in [-0.2, 0) is 6.42 Å². The molecule has 0 atom stereocenters. The largest absolute Gasteiger partial charge is 0.303 e. The van der Waals surface area contributed by atoms with Crippen molar-refractivity contribution in [1.29, 1.82) is 0 Å². The summed E-state index contributed by atoms with van der Waals surface area (Å²) in [4.78, 5) is 18.6. The van der Waals surface area contributed by atoms with Crippen molar-refractivity contribution in [2.24, 2.45) is 0 Å². The van der Waals surface area contributed by atoms with Crippen LogP contribution in [0.15, 0.2) is 22.9 Å². The van der Waals surface area contributed by atoms with Gasteiger partial charge in [0.25, 0.3) is 5.91 Å². The predicted molar refractivity (Wildman–Crippen MR) is 93.8 cm³/mol. The number of anilines is 1. The van der Waals surface area contributed by atoms with E-state index >= 15 is 0 Å². The van der Waals surface area contributed by atoms with E-state index in [0.29, 0.717) is 10.7 Å². The summed E-state index contributed by atoms with van der Waals surface area (Å²) in [6.07, 6.45) is 7.97. The van der Waals surface area contributed by atoms with E-state index in [1.54, 1.807) is 12.3 Å². The molecular weight excluding hydrogens is 378 g/mol. The van der Waals surface area contributed by atoms with Crippen LogP contribution in [-0.4, -0.2) is 45.6 Å². The molecule has 1 fully saturated rings. The summed E-state index contributed by atoms with van der Waals surface area (Å²) in [6.45, 7) is 3.37. The van der Waals surface area contributed by atoms with Gasteiger partial charge in [-0.1, -0.05) is 17.8 Å². The molecule has 8 heteroatoms. The summed E-state index contributed by atoms with van der Waals surface area (Å²) < 4.78 is 0.768. The number of nitrogens with zero attached hydrogens (tertiary/aromatic N) is 4. The molecule has 2 aromatic rings. The van der Waals surface area contributed by atoms with E-state index in [1.165, 1.54) is 49.9 Å². The Morgan fingerprint density at radius 2 is 2.09 bits per heavy atom. The van der Waals surface area contributed by atoms with Gasteiger partial charge in [0, 0.05) is 29.8 Å². The average molecular weight is 396 g/mol. The number of nitrogens with one attached hydrogen (secondary N) is 1. The van der Waals surface area contributed by atoms with Crippen molar-refractivity contribution < 1.29 is 4.79 Å². The molecule has 1 saturated heterocycles. The van der Waals surface area contributed by atoms with Crippen molar-refractivity contribution in [3.63, 3.8) is 0 Å². The zero-order valence-electron chi connectivity index (χ0n) is 12.7. The summed E-state index contributed by atoms with van der Waals surface area (Å²) >= 11 is 4.74. The number of halogens is 1. The Labute approximate surface area is 147 Å². The third kappa shape index (κ3) is 4.79. The molecule has 122 valence electrons. The minimum Gasteiger partial charge on any atom is -0.303 e. The minimum atomic E-state index is -0.225. The second-order valence-corrected chi connectivity index (χ2v) is 7.48. The van der Waals surface area contributed by atoms with Crippen molar-refractivity contribution in [1.82, 2.24) is 20.1 Å². The molecule has 2 aromatic heterocycles. The second-order valence-electron chi connectivity index (χ2n) is 5.50. The summed E-state index contributed by atoms with van der Waals surface area (Å²) in [5, 5.41) is 12.5. The van der Waals surface area contributed by atoms with Crippen molar-refractivity contribution in [2.75, 3.05) is 25.0 Å². The van der Waals surface area contributed by atoms with Crippen LogP contribution in [0.1, 0.15) is 34.6 Å². The van der Waals surface area contributed by atoms with Crippen LogP contribution in [0.2, 0.25) is 0 Å². The van der Waals surface area contributed by atoms with Gasteiger partial charge in [-0.15, -0.1) is 10.2 Å². The number of aromatic nitrogens is 3. The van der Waals surface area contributed by atoms with Gasteiger partial charge in [-0.3, -0.25) is 15.1 Å². The summed E-state index contributed by atoms with van der Waals surface area (Å²) in [6, 6.07) is 1.72. The van der Waals surface area contributed by atoms with E-state index in [1.807, 2.05) is 0 Å². The quantitative estimate of drug-likeness (QED) is 0.842. The number of pyridine rings is 1. The van der Waals surface area contributed by atoms with Gasteiger partial charge in [-0.05, 0) is 47.9 Å². The topological polar surface area (TPSA) is 71.0 Å². The number of hydrogen-bond acceptors (Lipinski definition) is 6. The fourth-order valence-electron chi connectivity index (χ4n) is 2.55. The zero-order valence-corrected chi connectivity index (χ0v) is 15.1. The highest BCUT2D eigenvalue weighted by Crippen LogP contribution is 2.18. The Bertz CT molecular complexity index is 671. The molecule has 0 aliphatic carbocycles. The standard InChI is InChI=1S/C15H18BrN5OS/c16-12-8-11(9-17-10-12)14(22)18-15-20-19-13(23-15)4-7-21-5-2-1-3-6-21/h8-10H,1-7H2,(H,18,20,22). The monoisotopic (exact) mass is 395 g/mol. The minimum absolute atomic E-state index is 0.225. The molecule has 1 N–H and O–H groups in total. The molecule has 3 rings (SSSR count). The lowest BCUT2D eigenvalue weighted by Crippen LogP contribution is -2.31. The number of carbonyl (C=O) groups excluding carboxylic acids is 1. The molecule has 23 heavy (non-hydrogen) atoms. The Balaban J connectivity index is 1.53. The van der Waals surface area contributed by atoms with Crippen molar-refractivity contribution in [3.8, 4) is 0 Å². The lowest BCUT2D eigenvalue weighted by Gasteiger charge is -2.25. The molecule has 6 nitrogen and oxygen atoms in total. The number of piperidine rings is 1. The fraction of sp³-hybridized carbons (Fsp3) is 0.467. The van der Waals surface area contributed by atoms with Crippen LogP contribution in [0.3, 0.4) is 0 Å². The highest BCUT2D eigenvalue weighted by molar-refractivity contribution is 9.10. The van der Waals surface area contributed by atoms with Gasteiger partial charge in [0.1, 0.15) is 5.01 Å². The molecule has 0 unspecified atom stereocenters. The molecule has 0 radical (unpaired) electrons. The van der Waals surface area contributed by atoms with E-state index in [-0.39, 0.29) is 5.91 Å². The number of carbonyl (C=O) groups is 1. The Kier molecular flexibility index (Phi) is 5.69. The maximum atomic E-state index is 12.1. The van der Waals surface area contributed by atoms with Gasteiger partial charge in [0.15, 0.2) is 0 Å². The first-order valence-corrected chi connectivity index (χ1v) is 9.28. The Morgan fingerprint density at radius 1 is 1.26 bits per heavy atom. The Hall–Kier alpha value is -1.38. The maximum Gasteiger partial charge on any atom is 0.259 e. The van der Waals surface area contributed by atoms with Crippen LogP contribution >= 0.6 is 27.3 Å². The van der Waals surface area contributed by atoms with Gasteiger partial charge in [-0.2, -0.15) is 0 Å². The van der Waals surface area contributed by atoms with Gasteiger partial charge in [0.2, 0.25) is 5.13 Å². The molecule has 1 aliphatic heterocycles. The van der Waals surface area contributed by atoms with Crippen LogP contribution in [0, 0.1) is 0 Å². The van der Waals surface area contributed by atoms with E-state index in [2.05, 4.69) is 41.3 Å². The fourth-order valence-corrected chi connectivity index (χ4v) is 3.64. The molecule has 1 aliphatic rings. The molecule has 0 saturated carbocycles. The van der Waals surface area contributed by atoms with Crippen LogP contribution in [0.25, 0.3) is 0 Å². The third-order valence-electron chi connectivity index (χ3n) is 3.74. The number of hydrogen-bond donors (Lipinski definition) is 1. The Morgan fingerprint density at radius 3 is 2.87 bits per heavy atom. The van der Waals surface area contributed by atoms with Gasteiger partial charge >= 0.3 is 0 Å². The van der Waals surface area contributed by atoms with E-state index in [4.69, 9.17) is 0 Å². The average Bonchev–Trinajstić information content (AvgIpc) is 3.01. The van der Waals surface area contributed by atoms with Crippen LogP contribution < -0.4 is 5.32 Å². The lowest BCUT2D eigenvalue weighted by molar-refractivity contribution is 0.102. The van der Waals surface area contributed by atoms with Crippen LogP contribution in [0.5, 0.6) is 0 Å². The zero-order chi connectivity index (χ0) is 16.1. The number of likely N-dealkylation sites (tertiary alicyclic amines) is 1. The first kappa shape index (κ1) is 16.5. The number of rotatable bonds is 5. The maximum absolute atomic E-state index is 12.1. The van der Waals surface area contributed by atoms with Gasteiger partial charge in [0.05, 0.1) is 5.56 Å². The van der Waals surface area contributed by atoms with Crippen molar-refractivity contribution in [3.05, 3.63) is 33.5 Å². The second kappa shape index (κ2) is 7.94. The molecular formula is C15H18BrN5OS. The predicted octanol–water partition coefficient (Wildman–Crippen LogP) is 2.98. The van der Waals surface area contributed by atoms with Crippen molar-refractivity contribution >= 4 is 38.3 Å². The summed E-state index contributed by atoms with van der Waals surface area (Å²) in [7, 11) is 0. The lowest BCUT2D eigenvalue weighted by atomic mass is 10.1. The van der Waals surface area contributed by atoms with Crippen LogP contribution in [0.4, 0.5) is 5.13 Å². The number of amides is 1. The molecule has 0 bridgehead atoms. The SMILES string of the molecule is O=C(Nc1nnc(CCN2CCCCC2)s1)c1cncc(Br)c1. The summed E-state index contributed by atoms with van der Waals surface area (Å²) in [5.74, 6) is -0.225. The van der Waals surface area contributed by atoms with E-state index < -0.39 is 0 Å². The smallest absolute Gasteiger partial charge is 0.259 e.